The molecule has 1 aromatic rings. The minimum absolute atomic E-state index is 0.477. The van der Waals surface area contributed by atoms with E-state index in [1.165, 1.54) is 31.4 Å². The van der Waals surface area contributed by atoms with Crippen LogP contribution in [0.4, 0.5) is 0 Å². The Morgan fingerprint density at radius 3 is 2.56 bits per heavy atom. The van der Waals surface area contributed by atoms with Gasteiger partial charge in [0.05, 0.1) is 17.6 Å². The Morgan fingerprint density at radius 2 is 2.06 bits per heavy atom. The first-order valence-corrected chi connectivity index (χ1v) is 7.65. The second-order valence-corrected chi connectivity index (χ2v) is 6.19. The Labute approximate surface area is 115 Å². The van der Waals surface area contributed by atoms with Crippen LogP contribution < -0.4 is 0 Å². The first-order valence-electron chi connectivity index (χ1n) is 7.12. The molecule has 0 saturated heterocycles. The number of nitrogens with zero attached hydrogens (tertiary/aromatic N) is 3. The molecule has 1 fully saturated rings. The normalized spacial score (nSPS) is 18.1. The number of halogens is 1. The van der Waals surface area contributed by atoms with Crippen LogP contribution in [0.3, 0.4) is 0 Å². The minimum atomic E-state index is 0.477. The summed E-state index contributed by atoms with van der Waals surface area (Å²) in [6.45, 7) is 6.78. The second kappa shape index (κ2) is 6.05. The van der Waals surface area contributed by atoms with Crippen LogP contribution in [0.2, 0.25) is 0 Å². The van der Waals surface area contributed by atoms with Crippen molar-refractivity contribution in [2.24, 2.45) is 11.8 Å². The maximum atomic E-state index is 5.98. The molecular formula is C14H24ClN3. The van der Waals surface area contributed by atoms with Crippen molar-refractivity contribution in [2.45, 2.75) is 64.8 Å². The zero-order chi connectivity index (χ0) is 13.1. The lowest BCUT2D eigenvalue weighted by Gasteiger charge is -2.32. The maximum absolute atomic E-state index is 5.98. The molecule has 18 heavy (non-hydrogen) atoms. The van der Waals surface area contributed by atoms with Gasteiger partial charge in [0.1, 0.15) is 5.69 Å². The lowest BCUT2D eigenvalue weighted by Crippen LogP contribution is -2.25. The molecule has 0 amide bonds. The standard InChI is InChI=1S/C14H24ClN3/c1-10(2)7-8-14-13(9-15)16-17-18(14)11(3)12-5-4-6-12/h10-12H,4-9H2,1-3H3. The number of hydrogen-bond acceptors (Lipinski definition) is 2. The van der Waals surface area contributed by atoms with Gasteiger partial charge in [-0.15, -0.1) is 16.7 Å². The molecule has 102 valence electrons. The summed E-state index contributed by atoms with van der Waals surface area (Å²) in [6, 6.07) is 0.477. The molecule has 0 bridgehead atoms. The van der Waals surface area contributed by atoms with E-state index in [-0.39, 0.29) is 0 Å². The average molecular weight is 270 g/mol. The van der Waals surface area contributed by atoms with Gasteiger partial charge >= 0.3 is 0 Å². The van der Waals surface area contributed by atoms with Crippen LogP contribution in [0.15, 0.2) is 0 Å². The molecule has 1 heterocycles. The Bertz CT molecular complexity index is 382. The van der Waals surface area contributed by atoms with E-state index in [1.54, 1.807) is 0 Å². The fourth-order valence-corrected chi connectivity index (χ4v) is 2.79. The lowest BCUT2D eigenvalue weighted by molar-refractivity contribution is 0.204. The topological polar surface area (TPSA) is 30.7 Å². The number of aromatic nitrogens is 3. The molecule has 0 spiro atoms. The molecule has 2 rings (SSSR count). The first kappa shape index (κ1) is 13.9. The van der Waals surface area contributed by atoms with E-state index in [2.05, 4.69) is 35.8 Å². The van der Waals surface area contributed by atoms with Crippen molar-refractivity contribution in [1.29, 1.82) is 0 Å². The van der Waals surface area contributed by atoms with E-state index < -0.39 is 0 Å². The predicted octanol–water partition coefficient (Wildman–Crippen LogP) is 3.97. The summed E-state index contributed by atoms with van der Waals surface area (Å²) in [7, 11) is 0. The van der Waals surface area contributed by atoms with E-state index in [4.69, 9.17) is 11.6 Å². The molecule has 1 saturated carbocycles. The summed E-state index contributed by atoms with van der Waals surface area (Å²) in [5, 5.41) is 8.61. The molecule has 1 aromatic heterocycles. The fraction of sp³-hybridized carbons (Fsp3) is 0.857. The summed E-state index contributed by atoms with van der Waals surface area (Å²) in [5.41, 5.74) is 2.24. The highest BCUT2D eigenvalue weighted by molar-refractivity contribution is 6.16. The molecule has 1 unspecified atom stereocenters. The van der Waals surface area contributed by atoms with Crippen molar-refractivity contribution in [1.82, 2.24) is 15.0 Å². The third-order valence-corrected chi connectivity index (χ3v) is 4.43. The van der Waals surface area contributed by atoms with Gasteiger partial charge in [-0.1, -0.05) is 25.5 Å². The third-order valence-electron chi connectivity index (χ3n) is 4.17. The van der Waals surface area contributed by atoms with Crippen molar-refractivity contribution in [3.05, 3.63) is 11.4 Å². The Balaban J connectivity index is 2.14. The number of rotatable bonds is 6. The predicted molar refractivity (Wildman–Crippen MR) is 74.8 cm³/mol. The smallest absolute Gasteiger partial charge is 0.101 e. The second-order valence-electron chi connectivity index (χ2n) is 5.93. The van der Waals surface area contributed by atoms with Gasteiger partial charge in [-0.3, -0.25) is 0 Å². The minimum Gasteiger partial charge on any atom is -0.246 e. The molecule has 4 heteroatoms. The van der Waals surface area contributed by atoms with Crippen LogP contribution in [0, 0.1) is 11.8 Å². The van der Waals surface area contributed by atoms with Gasteiger partial charge in [0.15, 0.2) is 0 Å². The van der Waals surface area contributed by atoms with Crippen molar-refractivity contribution in [3.8, 4) is 0 Å². The monoisotopic (exact) mass is 269 g/mol. The van der Waals surface area contributed by atoms with Crippen LogP contribution in [-0.4, -0.2) is 15.0 Å². The SMILES string of the molecule is CC(C)CCc1c(CCl)nnn1C(C)C1CCC1. The molecule has 3 nitrogen and oxygen atoms in total. The average Bonchev–Trinajstić information content (AvgIpc) is 2.66. The highest BCUT2D eigenvalue weighted by atomic mass is 35.5. The van der Waals surface area contributed by atoms with Crippen LogP contribution in [0.1, 0.15) is 63.9 Å². The molecule has 1 aliphatic carbocycles. The highest BCUT2D eigenvalue weighted by Crippen LogP contribution is 2.36. The number of alkyl halides is 1. The van der Waals surface area contributed by atoms with Crippen molar-refractivity contribution in [3.63, 3.8) is 0 Å². The van der Waals surface area contributed by atoms with Gasteiger partial charge in [-0.05, 0) is 44.4 Å². The summed E-state index contributed by atoms with van der Waals surface area (Å²) in [4.78, 5) is 0. The Morgan fingerprint density at radius 1 is 1.33 bits per heavy atom. The summed E-state index contributed by atoms with van der Waals surface area (Å²) in [6.07, 6.45) is 6.26. The first-order chi connectivity index (χ1) is 8.63. The van der Waals surface area contributed by atoms with Gasteiger partial charge in [-0.25, -0.2) is 4.68 Å². The highest BCUT2D eigenvalue weighted by Gasteiger charge is 2.28. The van der Waals surface area contributed by atoms with E-state index >= 15 is 0 Å². The van der Waals surface area contributed by atoms with Crippen LogP contribution in [0.25, 0.3) is 0 Å². The van der Waals surface area contributed by atoms with Crippen molar-refractivity contribution in [2.75, 3.05) is 0 Å². The van der Waals surface area contributed by atoms with E-state index in [9.17, 15) is 0 Å². The summed E-state index contributed by atoms with van der Waals surface area (Å²) < 4.78 is 2.14. The Kier molecular flexibility index (Phi) is 4.66. The van der Waals surface area contributed by atoms with E-state index in [0.717, 1.165) is 18.0 Å². The van der Waals surface area contributed by atoms with Crippen LogP contribution in [0.5, 0.6) is 0 Å². The van der Waals surface area contributed by atoms with Gasteiger partial charge in [0.2, 0.25) is 0 Å². The molecule has 1 atom stereocenters. The largest absolute Gasteiger partial charge is 0.246 e. The molecule has 0 aliphatic heterocycles. The molecular weight excluding hydrogens is 246 g/mol. The summed E-state index contributed by atoms with van der Waals surface area (Å²) >= 11 is 5.98. The molecule has 0 N–H and O–H groups in total. The maximum Gasteiger partial charge on any atom is 0.101 e. The molecule has 0 radical (unpaired) electrons. The van der Waals surface area contributed by atoms with E-state index in [1.807, 2.05) is 0 Å². The van der Waals surface area contributed by atoms with Crippen LogP contribution >= 0.6 is 11.6 Å². The van der Waals surface area contributed by atoms with Crippen LogP contribution in [-0.2, 0) is 12.3 Å². The molecule has 1 aliphatic rings. The van der Waals surface area contributed by atoms with Gasteiger partial charge in [0.25, 0.3) is 0 Å². The number of hydrogen-bond donors (Lipinski definition) is 0. The van der Waals surface area contributed by atoms with E-state index in [0.29, 0.717) is 17.8 Å². The van der Waals surface area contributed by atoms with Crippen molar-refractivity contribution >= 4 is 11.6 Å². The third kappa shape index (κ3) is 2.87. The fourth-order valence-electron chi connectivity index (χ4n) is 2.58. The molecule has 0 aromatic carbocycles. The van der Waals surface area contributed by atoms with Gasteiger partial charge in [0, 0.05) is 0 Å². The quantitative estimate of drug-likeness (QED) is 0.732. The Hall–Kier alpha value is -0.570. The van der Waals surface area contributed by atoms with Gasteiger partial charge in [-0.2, -0.15) is 0 Å². The van der Waals surface area contributed by atoms with Crippen molar-refractivity contribution < 1.29 is 0 Å². The lowest BCUT2D eigenvalue weighted by atomic mass is 9.80. The summed E-state index contributed by atoms with van der Waals surface area (Å²) in [5.74, 6) is 1.97. The zero-order valence-electron chi connectivity index (χ0n) is 11.7. The zero-order valence-corrected chi connectivity index (χ0v) is 12.5. The van der Waals surface area contributed by atoms with Gasteiger partial charge < -0.3 is 0 Å².